The molecule has 0 aliphatic heterocycles. The number of nitrogens with one attached hydrogen (secondary N) is 2. The molecule has 180 valence electrons. The summed E-state index contributed by atoms with van der Waals surface area (Å²) in [5.41, 5.74) is 4.32. The van der Waals surface area contributed by atoms with E-state index in [9.17, 15) is 19.5 Å². The monoisotopic (exact) mass is 507 g/mol. The Bertz CT molecular complexity index is 1370. The van der Waals surface area contributed by atoms with Crippen LogP contribution in [0.15, 0.2) is 52.9 Å². The van der Waals surface area contributed by atoms with Gasteiger partial charge in [0.25, 0.3) is 0 Å². The van der Waals surface area contributed by atoms with Gasteiger partial charge < -0.3 is 15.7 Å². The van der Waals surface area contributed by atoms with Gasteiger partial charge in [0.1, 0.15) is 0 Å². The number of amides is 2. The van der Waals surface area contributed by atoms with E-state index in [1.165, 1.54) is 23.1 Å². The average molecular weight is 508 g/mol. The zero-order chi connectivity index (χ0) is 24.7. The SMILES string of the molecule is Cc1ccc(C)c(NC(=O)CSc2nc3ccc(NC(=O)[C@@H]4[C@H](C(=O)O)[C@H]5C=C[C@H]4C5)cc3s2)c1. The Morgan fingerprint density at radius 1 is 1.06 bits per heavy atom. The summed E-state index contributed by atoms with van der Waals surface area (Å²) < 4.78 is 1.66. The average Bonchev–Trinajstić information content (AvgIpc) is 3.54. The predicted molar refractivity (Wildman–Crippen MR) is 139 cm³/mol. The molecule has 0 spiro atoms. The molecular weight excluding hydrogens is 482 g/mol. The van der Waals surface area contributed by atoms with Gasteiger partial charge in [0.2, 0.25) is 11.8 Å². The van der Waals surface area contributed by atoms with Crippen molar-refractivity contribution in [3.05, 3.63) is 59.7 Å². The highest BCUT2D eigenvalue weighted by molar-refractivity contribution is 8.01. The molecule has 2 aliphatic carbocycles. The van der Waals surface area contributed by atoms with Crippen LogP contribution in [0.3, 0.4) is 0 Å². The molecule has 0 saturated heterocycles. The van der Waals surface area contributed by atoms with Crippen molar-refractivity contribution in [2.45, 2.75) is 24.6 Å². The summed E-state index contributed by atoms with van der Waals surface area (Å²) in [5.74, 6) is -2.33. The molecule has 1 heterocycles. The van der Waals surface area contributed by atoms with Crippen molar-refractivity contribution >= 4 is 62.5 Å². The summed E-state index contributed by atoms with van der Waals surface area (Å²) in [5, 5.41) is 15.5. The minimum Gasteiger partial charge on any atom is -0.481 e. The molecule has 1 fully saturated rings. The number of thioether (sulfide) groups is 1. The Labute approximate surface area is 211 Å². The molecule has 1 aromatic heterocycles. The van der Waals surface area contributed by atoms with E-state index in [4.69, 9.17) is 0 Å². The van der Waals surface area contributed by atoms with Crippen molar-refractivity contribution in [1.29, 1.82) is 0 Å². The maximum absolute atomic E-state index is 13.0. The van der Waals surface area contributed by atoms with Crippen molar-refractivity contribution in [2.24, 2.45) is 23.7 Å². The second-order valence-corrected chi connectivity index (χ2v) is 11.4. The van der Waals surface area contributed by atoms with Crippen LogP contribution in [0.25, 0.3) is 10.2 Å². The number of allylic oxidation sites excluding steroid dienone is 2. The molecule has 3 aromatic rings. The molecule has 2 aliphatic rings. The van der Waals surface area contributed by atoms with Gasteiger partial charge in [0, 0.05) is 11.4 Å². The molecule has 3 N–H and O–H groups in total. The molecule has 2 aromatic carbocycles. The Morgan fingerprint density at radius 3 is 2.60 bits per heavy atom. The number of aromatic nitrogens is 1. The van der Waals surface area contributed by atoms with Crippen molar-refractivity contribution in [3.8, 4) is 0 Å². The van der Waals surface area contributed by atoms with Crippen molar-refractivity contribution < 1.29 is 19.5 Å². The molecule has 35 heavy (non-hydrogen) atoms. The maximum atomic E-state index is 13.0. The first-order valence-corrected chi connectivity index (χ1v) is 13.2. The van der Waals surface area contributed by atoms with Crippen molar-refractivity contribution in [2.75, 3.05) is 16.4 Å². The number of nitrogens with zero attached hydrogens (tertiary/aromatic N) is 1. The number of fused-ring (bicyclic) bond motifs is 3. The fraction of sp³-hybridized carbons (Fsp3) is 0.308. The van der Waals surface area contributed by atoms with Crippen molar-refractivity contribution in [3.63, 3.8) is 0 Å². The molecule has 1 saturated carbocycles. The lowest BCUT2D eigenvalue weighted by atomic mass is 9.82. The number of aryl methyl sites for hydroxylation is 2. The van der Waals surface area contributed by atoms with E-state index in [-0.39, 0.29) is 29.4 Å². The molecule has 2 bridgehead atoms. The van der Waals surface area contributed by atoms with E-state index in [1.807, 2.05) is 56.3 Å². The molecule has 7 nitrogen and oxygen atoms in total. The van der Waals surface area contributed by atoms with E-state index in [2.05, 4.69) is 15.6 Å². The Kier molecular flexibility index (Phi) is 6.37. The van der Waals surface area contributed by atoms with Crippen LogP contribution >= 0.6 is 23.1 Å². The minimum absolute atomic E-state index is 0.0222. The minimum atomic E-state index is -0.914. The summed E-state index contributed by atoms with van der Waals surface area (Å²) in [6, 6.07) is 11.4. The van der Waals surface area contributed by atoms with Crippen LogP contribution in [-0.2, 0) is 14.4 Å². The molecule has 2 amide bonds. The van der Waals surface area contributed by atoms with Crippen LogP contribution in [0.5, 0.6) is 0 Å². The zero-order valence-corrected chi connectivity index (χ0v) is 20.9. The quantitative estimate of drug-likeness (QED) is 0.303. The van der Waals surface area contributed by atoms with Gasteiger partial charge in [-0.3, -0.25) is 14.4 Å². The first-order chi connectivity index (χ1) is 16.8. The van der Waals surface area contributed by atoms with Gasteiger partial charge in [-0.25, -0.2) is 4.98 Å². The van der Waals surface area contributed by atoms with Gasteiger partial charge in [-0.05, 0) is 67.5 Å². The number of hydrogen-bond donors (Lipinski definition) is 3. The third-order valence-electron chi connectivity index (χ3n) is 6.68. The number of benzene rings is 2. The number of carbonyl (C=O) groups excluding carboxylic acids is 2. The van der Waals surface area contributed by atoms with E-state index >= 15 is 0 Å². The number of carboxylic acids is 1. The summed E-state index contributed by atoms with van der Waals surface area (Å²) >= 11 is 2.83. The number of carbonyl (C=O) groups is 3. The number of aliphatic carboxylic acids is 1. The van der Waals surface area contributed by atoms with E-state index in [1.54, 1.807) is 6.07 Å². The summed E-state index contributed by atoms with van der Waals surface area (Å²) in [6.45, 7) is 3.95. The normalized spacial score (nSPS) is 22.5. The highest BCUT2D eigenvalue weighted by Crippen LogP contribution is 2.48. The summed E-state index contributed by atoms with van der Waals surface area (Å²) in [4.78, 5) is 41.7. The maximum Gasteiger partial charge on any atom is 0.307 e. The van der Waals surface area contributed by atoms with Crippen LogP contribution < -0.4 is 10.6 Å². The van der Waals surface area contributed by atoms with Gasteiger partial charge in [0.15, 0.2) is 4.34 Å². The lowest BCUT2D eigenvalue weighted by molar-refractivity contribution is -0.146. The Hall–Kier alpha value is -3.17. The standard InChI is InChI=1S/C26H25N3O4S2/c1-13-3-4-14(2)19(9-13)28-21(30)12-34-26-29-18-8-7-17(11-20(18)35-26)27-24(31)22-15-5-6-16(10-15)23(22)25(32)33/h3-9,11,15-16,22-23H,10,12H2,1-2H3,(H,27,31)(H,28,30)(H,32,33)/t15-,16-,22-,23+/m0/s1. The summed E-state index contributed by atoms with van der Waals surface area (Å²) in [7, 11) is 0. The smallest absolute Gasteiger partial charge is 0.307 e. The Morgan fingerprint density at radius 2 is 1.83 bits per heavy atom. The fourth-order valence-electron chi connectivity index (χ4n) is 4.97. The molecular formula is C26H25N3O4S2. The fourth-order valence-corrected chi connectivity index (χ4v) is 6.88. The van der Waals surface area contributed by atoms with Crippen LogP contribution in [0, 0.1) is 37.5 Å². The molecule has 0 unspecified atom stereocenters. The Balaban J connectivity index is 1.23. The zero-order valence-electron chi connectivity index (χ0n) is 19.3. The second kappa shape index (κ2) is 9.47. The highest BCUT2D eigenvalue weighted by atomic mass is 32.2. The van der Waals surface area contributed by atoms with Crippen LogP contribution in [0.2, 0.25) is 0 Å². The molecule has 9 heteroatoms. The lowest BCUT2D eigenvalue weighted by Gasteiger charge is -2.23. The topological polar surface area (TPSA) is 108 Å². The van der Waals surface area contributed by atoms with Gasteiger partial charge >= 0.3 is 5.97 Å². The van der Waals surface area contributed by atoms with Crippen LogP contribution in [0.1, 0.15) is 17.5 Å². The molecule has 0 radical (unpaired) electrons. The largest absolute Gasteiger partial charge is 0.481 e. The van der Waals surface area contributed by atoms with E-state index in [0.717, 1.165) is 37.8 Å². The van der Waals surface area contributed by atoms with E-state index in [0.29, 0.717) is 5.69 Å². The number of anilines is 2. The third-order valence-corrected chi connectivity index (χ3v) is 8.84. The van der Waals surface area contributed by atoms with Crippen LogP contribution in [0.4, 0.5) is 11.4 Å². The predicted octanol–water partition coefficient (Wildman–Crippen LogP) is 5.11. The molecule has 5 rings (SSSR count). The number of hydrogen-bond acceptors (Lipinski definition) is 6. The number of rotatable bonds is 7. The second-order valence-electron chi connectivity index (χ2n) is 9.14. The lowest BCUT2D eigenvalue weighted by Crippen LogP contribution is -2.36. The summed E-state index contributed by atoms with van der Waals surface area (Å²) in [6.07, 6.45) is 4.62. The van der Waals surface area contributed by atoms with Crippen molar-refractivity contribution in [1.82, 2.24) is 4.98 Å². The van der Waals surface area contributed by atoms with Gasteiger partial charge in [-0.2, -0.15) is 0 Å². The first kappa shape index (κ1) is 23.6. The number of thiazole rings is 1. The third kappa shape index (κ3) is 4.83. The first-order valence-electron chi connectivity index (χ1n) is 11.4. The van der Waals surface area contributed by atoms with Gasteiger partial charge in [-0.15, -0.1) is 11.3 Å². The number of carboxylic acid groups (broad SMARTS) is 1. The highest BCUT2D eigenvalue weighted by Gasteiger charge is 2.51. The van der Waals surface area contributed by atoms with Crippen LogP contribution in [-0.4, -0.2) is 33.6 Å². The molecule has 4 atom stereocenters. The van der Waals surface area contributed by atoms with Gasteiger partial charge in [-0.1, -0.05) is 36.0 Å². The van der Waals surface area contributed by atoms with Gasteiger partial charge in [0.05, 0.1) is 27.8 Å². The van der Waals surface area contributed by atoms with E-state index < -0.39 is 17.8 Å².